The zero-order valence-electron chi connectivity index (χ0n) is 8.38. The van der Waals surface area contributed by atoms with E-state index in [1.54, 1.807) is 17.8 Å². The number of anilines is 1. The first kappa shape index (κ1) is 9.84. The van der Waals surface area contributed by atoms with Crippen LogP contribution in [0, 0.1) is 11.7 Å². The van der Waals surface area contributed by atoms with Gasteiger partial charge in [0.25, 0.3) is 0 Å². The van der Waals surface area contributed by atoms with Crippen LogP contribution >= 0.6 is 11.8 Å². The molecule has 1 unspecified atom stereocenters. The Labute approximate surface area is 88.1 Å². The molecule has 1 aromatic carbocycles. The Balaban J connectivity index is 2.27. The molecular formula is C11H14FNS. The summed E-state index contributed by atoms with van der Waals surface area (Å²) in [6.07, 6.45) is 0. The summed E-state index contributed by atoms with van der Waals surface area (Å²) in [6.45, 7) is 5.25. The van der Waals surface area contributed by atoms with Crippen molar-refractivity contribution in [1.29, 1.82) is 0 Å². The van der Waals surface area contributed by atoms with E-state index in [-0.39, 0.29) is 5.82 Å². The maximum atomic E-state index is 13.3. The molecule has 76 valence electrons. The Bertz CT molecular complexity index is 338. The van der Waals surface area contributed by atoms with Gasteiger partial charge in [-0.25, -0.2) is 4.39 Å². The molecule has 1 nitrogen and oxygen atoms in total. The van der Waals surface area contributed by atoms with Crippen LogP contribution in [0.4, 0.5) is 10.1 Å². The molecule has 0 saturated carbocycles. The van der Waals surface area contributed by atoms with E-state index >= 15 is 0 Å². The third kappa shape index (κ3) is 1.73. The molecule has 1 heterocycles. The van der Waals surface area contributed by atoms with Crippen LogP contribution in [0.15, 0.2) is 23.1 Å². The van der Waals surface area contributed by atoms with Crippen molar-refractivity contribution in [2.24, 2.45) is 5.92 Å². The van der Waals surface area contributed by atoms with Crippen LogP contribution in [-0.4, -0.2) is 11.8 Å². The van der Waals surface area contributed by atoms with Gasteiger partial charge in [-0.1, -0.05) is 19.9 Å². The molecule has 2 rings (SSSR count). The van der Waals surface area contributed by atoms with E-state index < -0.39 is 0 Å². The van der Waals surface area contributed by atoms with Crippen LogP contribution in [0.3, 0.4) is 0 Å². The van der Waals surface area contributed by atoms with E-state index in [0.717, 1.165) is 11.4 Å². The van der Waals surface area contributed by atoms with Gasteiger partial charge < -0.3 is 5.32 Å². The molecule has 0 amide bonds. The largest absolute Gasteiger partial charge is 0.381 e. The normalized spacial score (nSPS) is 20.4. The first-order valence-corrected chi connectivity index (χ1v) is 5.75. The number of thioether (sulfide) groups is 1. The summed E-state index contributed by atoms with van der Waals surface area (Å²) >= 11 is 1.78. The van der Waals surface area contributed by atoms with Crippen LogP contribution in [0.5, 0.6) is 0 Å². The van der Waals surface area contributed by atoms with Crippen molar-refractivity contribution < 1.29 is 4.39 Å². The van der Waals surface area contributed by atoms with E-state index in [1.807, 2.05) is 6.07 Å². The smallest absolute Gasteiger partial charge is 0.147 e. The molecule has 0 radical (unpaired) electrons. The molecule has 3 heteroatoms. The third-order valence-corrected chi connectivity index (χ3v) is 4.09. The maximum absolute atomic E-state index is 13.3. The summed E-state index contributed by atoms with van der Waals surface area (Å²) < 4.78 is 13.3. The number of fused-ring (bicyclic) bond motifs is 1. The lowest BCUT2D eigenvalue weighted by molar-refractivity contribution is 0.602. The number of hydrogen-bond donors (Lipinski definition) is 1. The molecule has 0 aliphatic carbocycles. The number of halogens is 1. The minimum absolute atomic E-state index is 0.141. The van der Waals surface area contributed by atoms with Gasteiger partial charge in [0.1, 0.15) is 5.82 Å². The van der Waals surface area contributed by atoms with Crippen molar-refractivity contribution in [2.75, 3.05) is 11.9 Å². The zero-order chi connectivity index (χ0) is 10.1. The quantitative estimate of drug-likeness (QED) is 0.764. The highest BCUT2D eigenvalue weighted by atomic mass is 32.2. The van der Waals surface area contributed by atoms with Crippen LogP contribution in [-0.2, 0) is 0 Å². The van der Waals surface area contributed by atoms with Crippen LogP contribution in [0.1, 0.15) is 13.8 Å². The van der Waals surface area contributed by atoms with Crippen molar-refractivity contribution in [3.63, 3.8) is 0 Å². The topological polar surface area (TPSA) is 12.0 Å². The average Bonchev–Trinajstić information content (AvgIpc) is 2.17. The highest BCUT2D eigenvalue weighted by molar-refractivity contribution is 8.00. The summed E-state index contributed by atoms with van der Waals surface area (Å²) in [4.78, 5) is 1.04. The molecule has 14 heavy (non-hydrogen) atoms. The van der Waals surface area contributed by atoms with Gasteiger partial charge in [-0.05, 0) is 18.1 Å². The van der Waals surface area contributed by atoms with E-state index in [1.165, 1.54) is 6.07 Å². The van der Waals surface area contributed by atoms with Crippen LogP contribution in [0.25, 0.3) is 0 Å². The van der Waals surface area contributed by atoms with Gasteiger partial charge in [0.15, 0.2) is 0 Å². The number of hydrogen-bond acceptors (Lipinski definition) is 2. The second kappa shape index (κ2) is 3.81. The fourth-order valence-corrected chi connectivity index (χ4v) is 2.76. The number of benzene rings is 1. The number of nitrogens with one attached hydrogen (secondary N) is 1. The van der Waals surface area contributed by atoms with E-state index in [9.17, 15) is 4.39 Å². The minimum Gasteiger partial charge on any atom is -0.381 e. The summed E-state index contributed by atoms with van der Waals surface area (Å²) in [5.74, 6) is 0.473. The fourth-order valence-electron chi connectivity index (χ4n) is 1.55. The van der Waals surface area contributed by atoms with Gasteiger partial charge in [0.2, 0.25) is 0 Å². The van der Waals surface area contributed by atoms with Gasteiger partial charge >= 0.3 is 0 Å². The van der Waals surface area contributed by atoms with Gasteiger partial charge in [0.05, 0.1) is 5.69 Å². The Morgan fingerprint density at radius 3 is 3.00 bits per heavy atom. The maximum Gasteiger partial charge on any atom is 0.147 e. The molecular weight excluding hydrogens is 197 g/mol. The molecule has 1 atom stereocenters. The third-order valence-electron chi connectivity index (χ3n) is 2.48. The molecule has 0 bridgehead atoms. The summed E-state index contributed by atoms with van der Waals surface area (Å²) in [5, 5.41) is 3.71. The summed E-state index contributed by atoms with van der Waals surface area (Å²) in [5.41, 5.74) is 0.675. The average molecular weight is 211 g/mol. The SMILES string of the molecule is CC(C)C1CNc2c(F)cccc2S1. The molecule has 0 fully saturated rings. The lowest BCUT2D eigenvalue weighted by Gasteiger charge is -2.28. The highest BCUT2D eigenvalue weighted by Gasteiger charge is 2.23. The van der Waals surface area contributed by atoms with Gasteiger partial charge in [-0.15, -0.1) is 11.8 Å². The zero-order valence-corrected chi connectivity index (χ0v) is 9.20. The van der Waals surface area contributed by atoms with E-state index in [2.05, 4.69) is 19.2 Å². The predicted octanol–water partition coefficient (Wildman–Crippen LogP) is 3.37. The Morgan fingerprint density at radius 2 is 2.29 bits per heavy atom. The Kier molecular flexibility index (Phi) is 2.68. The molecule has 1 aliphatic heterocycles. The second-order valence-electron chi connectivity index (χ2n) is 3.89. The lowest BCUT2D eigenvalue weighted by Crippen LogP contribution is -2.26. The molecule has 1 N–H and O–H groups in total. The minimum atomic E-state index is -0.141. The van der Waals surface area contributed by atoms with E-state index in [0.29, 0.717) is 16.9 Å². The Hall–Kier alpha value is -0.700. The van der Waals surface area contributed by atoms with Gasteiger partial charge in [-0.2, -0.15) is 0 Å². The fraction of sp³-hybridized carbons (Fsp3) is 0.455. The highest BCUT2D eigenvalue weighted by Crippen LogP contribution is 2.38. The number of rotatable bonds is 1. The van der Waals surface area contributed by atoms with Gasteiger partial charge in [-0.3, -0.25) is 0 Å². The molecule has 1 aliphatic rings. The standard InChI is InChI=1S/C11H14FNS/c1-7(2)10-6-13-11-8(12)4-3-5-9(11)14-10/h3-5,7,10,13H,6H2,1-2H3. The monoisotopic (exact) mass is 211 g/mol. The first-order valence-electron chi connectivity index (χ1n) is 4.87. The molecule has 0 saturated heterocycles. The van der Waals surface area contributed by atoms with Crippen molar-refractivity contribution in [3.8, 4) is 0 Å². The van der Waals surface area contributed by atoms with E-state index in [4.69, 9.17) is 0 Å². The first-order chi connectivity index (χ1) is 6.68. The van der Waals surface area contributed by atoms with Crippen LogP contribution < -0.4 is 5.32 Å². The second-order valence-corrected chi connectivity index (χ2v) is 5.18. The van der Waals surface area contributed by atoms with Crippen molar-refractivity contribution in [1.82, 2.24) is 0 Å². The van der Waals surface area contributed by atoms with Crippen molar-refractivity contribution in [2.45, 2.75) is 24.0 Å². The number of para-hydroxylation sites is 1. The summed E-state index contributed by atoms with van der Waals surface area (Å²) in [6, 6.07) is 5.25. The lowest BCUT2D eigenvalue weighted by atomic mass is 10.1. The van der Waals surface area contributed by atoms with Crippen molar-refractivity contribution in [3.05, 3.63) is 24.0 Å². The summed E-state index contributed by atoms with van der Waals surface area (Å²) in [7, 11) is 0. The molecule has 0 aromatic heterocycles. The molecule has 1 aromatic rings. The van der Waals surface area contributed by atoms with Crippen LogP contribution in [0.2, 0.25) is 0 Å². The van der Waals surface area contributed by atoms with Gasteiger partial charge in [0, 0.05) is 16.7 Å². The predicted molar refractivity (Wildman–Crippen MR) is 59.4 cm³/mol. The molecule has 0 spiro atoms. The Morgan fingerprint density at radius 1 is 1.50 bits per heavy atom. The van der Waals surface area contributed by atoms with Crippen molar-refractivity contribution >= 4 is 17.4 Å².